The molecule has 0 bridgehead atoms. The van der Waals surface area contributed by atoms with Crippen molar-refractivity contribution in [3.63, 3.8) is 0 Å². The molecule has 0 amide bonds. The maximum atomic E-state index is 6.01. The molecule has 0 aliphatic heterocycles. The molecule has 0 radical (unpaired) electrons. The maximum Gasteiger partial charge on any atom is 0.125 e. The molecule has 2 aromatic rings. The summed E-state index contributed by atoms with van der Waals surface area (Å²) in [5.74, 6) is 0.815. The van der Waals surface area contributed by atoms with Crippen LogP contribution in [0.5, 0.6) is 5.75 Å². The minimum absolute atomic E-state index is 0.184. The van der Waals surface area contributed by atoms with Crippen molar-refractivity contribution in [3.05, 3.63) is 45.4 Å². The molecule has 1 N–H and O–H groups in total. The van der Waals surface area contributed by atoms with Crippen LogP contribution in [-0.4, -0.2) is 18.6 Å². The molecule has 1 atom stereocenters. The van der Waals surface area contributed by atoms with Crippen molar-refractivity contribution in [3.8, 4) is 5.75 Å². The van der Waals surface area contributed by atoms with E-state index in [0.717, 1.165) is 29.3 Å². The number of rotatable bonds is 6. The van der Waals surface area contributed by atoms with Crippen molar-refractivity contribution in [2.24, 2.45) is 0 Å². The lowest BCUT2D eigenvalue weighted by molar-refractivity contribution is 0.399. The molecule has 2 rings (SSSR count). The number of aromatic nitrogens is 1. The number of benzene rings is 1. The quantitative estimate of drug-likeness (QED) is 0.882. The van der Waals surface area contributed by atoms with Crippen LogP contribution >= 0.6 is 22.9 Å². The third kappa shape index (κ3) is 3.69. The highest BCUT2D eigenvalue weighted by molar-refractivity contribution is 7.09. The molecule has 0 saturated carbocycles. The number of ether oxygens (including phenoxy) is 1. The molecule has 1 unspecified atom stereocenters. The molecule has 0 aliphatic carbocycles. The minimum atomic E-state index is 0.184. The van der Waals surface area contributed by atoms with Crippen LogP contribution in [0.25, 0.3) is 0 Å². The van der Waals surface area contributed by atoms with E-state index in [-0.39, 0.29) is 6.04 Å². The first kappa shape index (κ1) is 14.3. The van der Waals surface area contributed by atoms with Crippen LogP contribution < -0.4 is 10.1 Å². The van der Waals surface area contributed by atoms with Crippen LogP contribution in [0.2, 0.25) is 5.02 Å². The van der Waals surface area contributed by atoms with Crippen LogP contribution in [0.4, 0.5) is 0 Å². The van der Waals surface area contributed by atoms with Crippen molar-refractivity contribution < 1.29 is 4.74 Å². The number of nitrogens with zero attached hydrogens (tertiary/aromatic N) is 1. The molecule has 0 saturated heterocycles. The lowest BCUT2D eigenvalue weighted by atomic mass is 10.0. The van der Waals surface area contributed by atoms with Crippen LogP contribution in [0, 0.1) is 0 Å². The third-order valence-electron chi connectivity index (χ3n) is 2.88. The Bertz CT molecular complexity index is 516. The standard InChI is InChI=1S/C14H17ClN2OS/c1-3-16-12(9-14-17-6-7-19-14)11-5-4-10(15)8-13(11)18-2/h4-8,12,16H,3,9H2,1-2H3. The van der Waals surface area contributed by atoms with Crippen molar-refractivity contribution in [2.75, 3.05) is 13.7 Å². The summed E-state index contributed by atoms with van der Waals surface area (Å²) in [4.78, 5) is 4.35. The number of thiazole rings is 1. The highest BCUT2D eigenvalue weighted by atomic mass is 35.5. The van der Waals surface area contributed by atoms with Crippen LogP contribution in [0.3, 0.4) is 0 Å². The maximum absolute atomic E-state index is 6.01. The zero-order valence-corrected chi connectivity index (χ0v) is 12.6. The normalized spacial score (nSPS) is 12.4. The van der Waals surface area contributed by atoms with Gasteiger partial charge in [-0.3, -0.25) is 0 Å². The van der Waals surface area contributed by atoms with Crippen LogP contribution in [0.1, 0.15) is 23.5 Å². The van der Waals surface area contributed by atoms with Gasteiger partial charge in [-0.2, -0.15) is 0 Å². The Kier molecular flexibility index (Phi) is 5.19. The summed E-state index contributed by atoms with van der Waals surface area (Å²) >= 11 is 7.68. The van der Waals surface area contributed by atoms with Gasteiger partial charge in [-0.1, -0.05) is 24.6 Å². The van der Waals surface area contributed by atoms with Crippen LogP contribution in [0.15, 0.2) is 29.8 Å². The van der Waals surface area contributed by atoms with E-state index in [9.17, 15) is 0 Å². The second-order valence-electron chi connectivity index (χ2n) is 4.13. The SMILES string of the molecule is CCNC(Cc1nccs1)c1ccc(Cl)cc1OC. The molecular weight excluding hydrogens is 280 g/mol. The Morgan fingerprint density at radius 2 is 2.32 bits per heavy atom. The summed E-state index contributed by atoms with van der Waals surface area (Å²) in [7, 11) is 1.67. The minimum Gasteiger partial charge on any atom is -0.496 e. The predicted molar refractivity (Wildman–Crippen MR) is 80.2 cm³/mol. The van der Waals surface area contributed by atoms with Gasteiger partial charge in [0.25, 0.3) is 0 Å². The molecular formula is C14H17ClN2OS. The number of hydrogen-bond donors (Lipinski definition) is 1. The molecule has 1 aromatic heterocycles. The molecule has 1 heterocycles. The molecule has 0 spiro atoms. The van der Waals surface area contributed by atoms with Gasteiger partial charge in [0.15, 0.2) is 0 Å². The van der Waals surface area contributed by atoms with Crippen molar-refractivity contribution in [2.45, 2.75) is 19.4 Å². The third-order valence-corrected chi connectivity index (χ3v) is 3.92. The molecule has 0 aliphatic rings. The van der Waals surface area contributed by atoms with E-state index in [1.54, 1.807) is 18.4 Å². The van der Waals surface area contributed by atoms with Gasteiger partial charge in [0, 0.05) is 34.6 Å². The number of methoxy groups -OCH3 is 1. The highest BCUT2D eigenvalue weighted by Gasteiger charge is 2.17. The summed E-state index contributed by atoms with van der Waals surface area (Å²) in [5.41, 5.74) is 1.11. The largest absolute Gasteiger partial charge is 0.496 e. The van der Waals surface area contributed by atoms with Gasteiger partial charge in [0.05, 0.1) is 12.1 Å². The number of halogens is 1. The number of likely N-dealkylation sites (N-methyl/N-ethyl adjacent to an activating group) is 1. The second-order valence-corrected chi connectivity index (χ2v) is 5.54. The first-order valence-corrected chi connectivity index (χ1v) is 7.45. The fourth-order valence-corrected chi connectivity index (χ4v) is 2.87. The lowest BCUT2D eigenvalue weighted by Crippen LogP contribution is -2.23. The fraction of sp³-hybridized carbons (Fsp3) is 0.357. The Hall–Kier alpha value is -1.10. The number of nitrogens with one attached hydrogen (secondary N) is 1. The Morgan fingerprint density at radius 1 is 1.47 bits per heavy atom. The van der Waals surface area contributed by atoms with Gasteiger partial charge < -0.3 is 10.1 Å². The summed E-state index contributed by atoms with van der Waals surface area (Å²) in [6.45, 7) is 2.99. The molecule has 102 valence electrons. The Balaban J connectivity index is 2.27. The van der Waals surface area contributed by atoms with Crippen LogP contribution in [-0.2, 0) is 6.42 Å². The molecule has 19 heavy (non-hydrogen) atoms. The van der Waals surface area contributed by atoms with Crippen molar-refractivity contribution in [1.82, 2.24) is 10.3 Å². The average Bonchev–Trinajstić information content (AvgIpc) is 2.91. The zero-order chi connectivity index (χ0) is 13.7. The predicted octanol–water partition coefficient (Wildman–Crippen LogP) is 3.70. The van der Waals surface area contributed by atoms with Gasteiger partial charge in [-0.15, -0.1) is 11.3 Å². The first-order chi connectivity index (χ1) is 9.24. The van der Waals surface area contributed by atoms with E-state index in [2.05, 4.69) is 17.2 Å². The lowest BCUT2D eigenvalue weighted by Gasteiger charge is -2.20. The summed E-state index contributed by atoms with van der Waals surface area (Å²) < 4.78 is 5.43. The monoisotopic (exact) mass is 296 g/mol. The fourth-order valence-electron chi connectivity index (χ4n) is 2.04. The van der Waals surface area contributed by atoms with Gasteiger partial charge in [0.1, 0.15) is 5.75 Å². The zero-order valence-electron chi connectivity index (χ0n) is 11.0. The molecule has 1 aromatic carbocycles. The van der Waals surface area contributed by atoms with E-state index in [4.69, 9.17) is 16.3 Å². The topological polar surface area (TPSA) is 34.2 Å². The van der Waals surface area contributed by atoms with Gasteiger partial charge in [-0.05, 0) is 18.7 Å². The highest BCUT2D eigenvalue weighted by Crippen LogP contribution is 2.30. The van der Waals surface area contributed by atoms with Crippen molar-refractivity contribution in [1.29, 1.82) is 0 Å². The Labute approximate surface area is 122 Å². The van der Waals surface area contributed by atoms with Gasteiger partial charge in [0.2, 0.25) is 0 Å². The van der Waals surface area contributed by atoms with E-state index in [1.807, 2.05) is 29.8 Å². The molecule has 5 heteroatoms. The average molecular weight is 297 g/mol. The van der Waals surface area contributed by atoms with Gasteiger partial charge >= 0.3 is 0 Å². The smallest absolute Gasteiger partial charge is 0.125 e. The van der Waals surface area contributed by atoms with E-state index >= 15 is 0 Å². The molecule has 0 fully saturated rings. The van der Waals surface area contributed by atoms with E-state index in [0.29, 0.717) is 5.02 Å². The summed E-state index contributed by atoms with van der Waals surface area (Å²) in [5, 5.41) is 7.27. The summed E-state index contributed by atoms with van der Waals surface area (Å²) in [6.07, 6.45) is 2.69. The Morgan fingerprint density at radius 3 is 2.95 bits per heavy atom. The van der Waals surface area contributed by atoms with E-state index in [1.165, 1.54) is 0 Å². The first-order valence-electron chi connectivity index (χ1n) is 6.19. The molecule has 3 nitrogen and oxygen atoms in total. The van der Waals surface area contributed by atoms with Gasteiger partial charge in [-0.25, -0.2) is 4.98 Å². The van der Waals surface area contributed by atoms with Crippen molar-refractivity contribution >= 4 is 22.9 Å². The van der Waals surface area contributed by atoms with E-state index < -0.39 is 0 Å². The number of hydrogen-bond acceptors (Lipinski definition) is 4. The second kappa shape index (κ2) is 6.89. The summed E-state index contributed by atoms with van der Waals surface area (Å²) in [6, 6.07) is 5.94.